The summed E-state index contributed by atoms with van der Waals surface area (Å²) in [5.41, 5.74) is 9.76. The Morgan fingerprint density at radius 2 is 2.26 bits per heavy atom. The fourth-order valence-corrected chi connectivity index (χ4v) is 3.54. The van der Waals surface area contributed by atoms with Crippen molar-refractivity contribution in [2.24, 2.45) is 5.73 Å². The van der Waals surface area contributed by atoms with Crippen LogP contribution in [-0.4, -0.2) is 31.8 Å². The van der Waals surface area contributed by atoms with Gasteiger partial charge in [-0.05, 0) is 62.4 Å². The molecule has 0 radical (unpaired) electrons. The summed E-state index contributed by atoms with van der Waals surface area (Å²) in [4.78, 5) is 2.56. The minimum Gasteiger partial charge on any atom is -0.374 e. The first-order valence-electron chi connectivity index (χ1n) is 7.47. The summed E-state index contributed by atoms with van der Waals surface area (Å²) in [7, 11) is 0. The molecular weight excluding hydrogens is 236 g/mol. The third-order valence-electron chi connectivity index (χ3n) is 4.55. The lowest BCUT2D eigenvalue weighted by atomic mass is 10.0. The van der Waals surface area contributed by atoms with Gasteiger partial charge in [-0.3, -0.25) is 0 Å². The number of nitrogens with two attached hydrogens (primary N) is 1. The number of morpholine rings is 1. The van der Waals surface area contributed by atoms with Crippen molar-refractivity contribution in [1.29, 1.82) is 0 Å². The van der Waals surface area contributed by atoms with Gasteiger partial charge in [0.25, 0.3) is 0 Å². The van der Waals surface area contributed by atoms with Gasteiger partial charge in [-0.25, -0.2) is 0 Å². The van der Waals surface area contributed by atoms with Gasteiger partial charge in [0.1, 0.15) is 0 Å². The van der Waals surface area contributed by atoms with E-state index in [4.69, 9.17) is 10.5 Å². The highest BCUT2D eigenvalue weighted by atomic mass is 16.5. The lowest BCUT2D eigenvalue weighted by Crippen LogP contribution is -2.48. The van der Waals surface area contributed by atoms with Gasteiger partial charge < -0.3 is 15.4 Å². The van der Waals surface area contributed by atoms with Crippen molar-refractivity contribution >= 4 is 5.69 Å². The van der Waals surface area contributed by atoms with Crippen molar-refractivity contribution in [3.8, 4) is 0 Å². The first-order chi connectivity index (χ1) is 9.29. The molecule has 2 atom stereocenters. The topological polar surface area (TPSA) is 38.5 Å². The second-order valence-electron chi connectivity index (χ2n) is 5.75. The summed E-state index contributed by atoms with van der Waals surface area (Å²) in [5, 5.41) is 0. The first kappa shape index (κ1) is 12.9. The minimum atomic E-state index is 0.456. The van der Waals surface area contributed by atoms with E-state index in [1.165, 1.54) is 36.1 Å². The minimum absolute atomic E-state index is 0.456. The second-order valence-corrected chi connectivity index (χ2v) is 5.75. The standard InChI is InChI=1S/C16H24N2O/c1-12-11-14(6-5-13(12)7-8-17)18-9-10-19-16-4-2-3-15(16)18/h5-6,11,15-16H,2-4,7-10,17H2,1H3. The van der Waals surface area contributed by atoms with Crippen molar-refractivity contribution in [1.82, 2.24) is 0 Å². The Hall–Kier alpha value is -1.06. The van der Waals surface area contributed by atoms with Crippen LogP contribution in [0.15, 0.2) is 18.2 Å². The molecule has 3 heteroatoms. The molecule has 2 aliphatic rings. The largest absolute Gasteiger partial charge is 0.374 e. The van der Waals surface area contributed by atoms with Crippen molar-refractivity contribution < 1.29 is 4.74 Å². The SMILES string of the molecule is Cc1cc(N2CCOC3CCCC32)ccc1CCN. The highest BCUT2D eigenvalue weighted by Gasteiger charge is 2.36. The van der Waals surface area contributed by atoms with E-state index in [1.54, 1.807) is 0 Å². The molecule has 1 saturated heterocycles. The van der Waals surface area contributed by atoms with Crippen LogP contribution in [0.4, 0.5) is 5.69 Å². The van der Waals surface area contributed by atoms with Crippen molar-refractivity contribution in [2.45, 2.75) is 44.8 Å². The summed E-state index contributed by atoms with van der Waals surface area (Å²) >= 11 is 0. The molecule has 104 valence electrons. The van der Waals surface area contributed by atoms with Gasteiger partial charge in [0.2, 0.25) is 0 Å². The molecule has 19 heavy (non-hydrogen) atoms. The number of fused-ring (bicyclic) bond motifs is 1. The number of rotatable bonds is 3. The van der Waals surface area contributed by atoms with Gasteiger partial charge in [-0.15, -0.1) is 0 Å². The molecule has 0 aromatic heterocycles. The molecule has 2 fully saturated rings. The molecular formula is C16H24N2O. The smallest absolute Gasteiger partial charge is 0.0779 e. The van der Waals surface area contributed by atoms with E-state index in [0.29, 0.717) is 12.1 Å². The fourth-order valence-electron chi connectivity index (χ4n) is 3.54. The zero-order chi connectivity index (χ0) is 13.2. The van der Waals surface area contributed by atoms with Crippen molar-refractivity contribution in [2.75, 3.05) is 24.6 Å². The third-order valence-corrected chi connectivity index (χ3v) is 4.55. The molecule has 3 nitrogen and oxygen atoms in total. The number of hydrogen-bond donors (Lipinski definition) is 1. The molecule has 1 aromatic carbocycles. The van der Waals surface area contributed by atoms with Crippen LogP contribution in [0.5, 0.6) is 0 Å². The molecule has 0 spiro atoms. The normalized spacial score (nSPS) is 26.5. The lowest BCUT2D eigenvalue weighted by Gasteiger charge is -2.39. The van der Waals surface area contributed by atoms with Gasteiger partial charge in [-0.1, -0.05) is 6.07 Å². The number of nitrogens with zero attached hydrogens (tertiary/aromatic N) is 1. The molecule has 2 unspecified atom stereocenters. The van der Waals surface area contributed by atoms with Crippen LogP contribution in [0.1, 0.15) is 30.4 Å². The van der Waals surface area contributed by atoms with Crippen LogP contribution in [0.2, 0.25) is 0 Å². The summed E-state index contributed by atoms with van der Waals surface area (Å²) < 4.78 is 5.89. The Labute approximate surface area is 115 Å². The maximum absolute atomic E-state index is 5.89. The molecule has 3 rings (SSSR count). The van der Waals surface area contributed by atoms with Gasteiger partial charge in [0, 0.05) is 12.2 Å². The van der Waals surface area contributed by atoms with E-state index in [-0.39, 0.29) is 0 Å². The molecule has 2 N–H and O–H groups in total. The van der Waals surface area contributed by atoms with E-state index < -0.39 is 0 Å². The highest BCUT2D eigenvalue weighted by Crippen LogP contribution is 2.33. The molecule has 1 heterocycles. The van der Waals surface area contributed by atoms with Gasteiger partial charge in [0.15, 0.2) is 0 Å². The Morgan fingerprint density at radius 1 is 1.37 bits per heavy atom. The molecule has 1 aromatic rings. The fraction of sp³-hybridized carbons (Fsp3) is 0.625. The predicted molar refractivity (Wildman–Crippen MR) is 78.7 cm³/mol. The lowest BCUT2D eigenvalue weighted by molar-refractivity contribution is 0.0256. The van der Waals surface area contributed by atoms with E-state index in [2.05, 4.69) is 30.0 Å². The van der Waals surface area contributed by atoms with Gasteiger partial charge >= 0.3 is 0 Å². The second kappa shape index (κ2) is 5.51. The van der Waals surface area contributed by atoms with Crippen LogP contribution in [-0.2, 0) is 11.2 Å². The highest BCUT2D eigenvalue weighted by molar-refractivity contribution is 5.52. The zero-order valence-corrected chi connectivity index (χ0v) is 11.8. The average molecular weight is 260 g/mol. The van der Waals surface area contributed by atoms with Gasteiger partial charge in [0.05, 0.1) is 18.8 Å². The Kier molecular flexibility index (Phi) is 3.76. The number of aryl methyl sites for hydroxylation is 1. The predicted octanol–water partition coefficient (Wildman–Crippen LogP) is 2.25. The maximum atomic E-state index is 5.89. The number of hydrogen-bond acceptors (Lipinski definition) is 3. The maximum Gasteiger partial charge on any atom is 0.0779 e. The molecule has 1 aliphatic carbocycles. The Morgan fingerprint density at radius 3 is 3.05 bits per heavy atom. The first-order valence-corrected chi connectivity index (χ1v) is 7.47. The van der Waals surface area contributed by atoms with Crippen LogP contribution < -0.4 is 10.6 Å². The number of benzene rings is 1. The molecule has 0 amide bonds. The van der Waals surface area contributed by atoms with Crippen LogP contribution in [0.25, 0.3) is 0 Å². The van der Waals surface area contributed by atoms with Crippen LogP contribution in [0, 0.1) is 6.92 Å². The quantitative estimate of drug-likeness (QED) is 0.906. The van der Waals surface area contributed by atoms with E-state index in [9.17, 15) is 0 Å². The Bertz CT molecular complexity index is 446. The zero-order valence-electron chi connectivity index (χ0n) is 11.8. The van der Waals surface area contributed by atoms with E-state index in [1.807, 2.05) is 0 Å². The molecule has 0 bridgehead atoms. The van der Waals surface area contributed by atoms with E-state index >= 15 is 0 Å². The monoisotopic (exact) mass is 260 g/mol. The van der Waals surface area contributed by atoms with Crippen molar-refractivity contribution in [3.63, 3.8) is 0 Å². The van der Waals surface area contributed by atoms with Gasteiger partial charge in [-0.2, -0.15) is 0 Å². The summed E-state index contributed by atoms with van der Waals surface area (Å²) in [5.74, 6) is 0. The molecule has 1 saturated carbocycles. The van der Waals surface area contributed by atoms with Crippen LogP contribution >= 0.6 is 0 Å². The number of anilines is 1. The van der Waals surface area contributed by atoms with E-state index in [0.717, 1.165) is 26.1 Å². The summed E-state index contributed by atoms with van der Waals surface area (Å²) in [6, 6.07) is 7.43. The summed E-state index contributed by atoms with van der Waals surface area (Å²) in [6.45, 7) is 4.81. The van der Waals surface area contributed by atoms with Crippen LogP contribution in [0.3, 0.4) is 0 Å². The average Bonchev–Trinajstić information content (AvgIpc) is 2.89. The summed E-state index contributed by atoms with van der Waals surface area (Å²) in [6.07, 6.45) is 5.23. The Balaban J connectivity index is 1.83. The third kappa shape index (κ3) is 2.49. The molecule has 1 aliphatic heterocycles. The number of ether oxygens (including phenoxy) is 1. The van der Waals surface area contributed by atoms with Crippen molar-refractivity contribution in [3.05, 3.63) is 29.3 Å².